The third-order valence-electron chi connectivity index (χ3n) is 3.79. The van der Waals surface area contributed by atoms with Gasteiger partial charge in [0.05, 0.1) is 11.6 Å². The zero-order valence-electron chi connectivity index (χ0n) is 11.4. The Morgan fingerprint density at radius 2 is 1.81 bits per heavy atom. The molecule has 0 aliphatic heterocycles. The van der Waals surface area contributed by atoms with E-state index in [4.69, 9.17) is 11.6 Å². The number of carbonyl (C=O) groups is 1. The Balaban J connectivity index is 1.90. The van der Waals surface area contributed by atoms with E-state index in [-0.39, 0.29) is 6.04 Å². The molecule has 4 heteroatoms. The Labute approximate surface area is 128 Å². The number of hydrogen-bond acceptors (Lipinski definition) is 2. The SMILES string of the molecule is O=C(O)c1ccccc1NC(c1ccc(Cl)cc1)C1CC1. The highest BCUT2D eigenvalue weighted by molar-refractivity contribution is 6.30. The van der Waals surface area contributed by atoms with Gasteiger partial charge in [-0.3, -0.25) is 0 Å². The van der Waals surface area contributed by atoms with Crippen molar-refractivity contribution in [3.8, 4) is 0 Å². The minimum Gasteiger partial charge on any atom is -0.478 e. The summed E-state index contributed by atoms with van der Waals surface area (Å²) < 4.78 is 0. The Hall–Kier alpha value is -2.00. The first-order valence-corrected chi connectivity index (χ1v) is 7.37. The summed E-state index contributed by atoms with van der Waals surface area (Å²) in [6.45, 7) is 0. The summed E-state index contributed by atoms with van der Waals surface area (Å²) in [7, 11) is 0. The summed E-state index contributed by atoms with van der Waals surface area (Å²) in [4.78, 5) is 11.3. The molecular formula is C17H16ClNO2. The Morgan fingerprint density at radius 1 is 1.14 bits per heavy atom. The van der Waals surface area contributed by atoms with Gasteiger partial charge in [-0.05, 0) is 48.6 Å². The van der Waals surface area contributed by atoms with Crippen molar-refractivity contribution in [2.24, 2.45) is 5.92 Å². The molecule has 0 aromatic heterocycles. The molecule has 21 heavy (non-hydrogen) atoms. The van der Waals surface area contributed by atoms with E-state index in [1.165, 1.54) is 0 Å². The van der Waals surface area contributed by atoms with Crippen molar-refractivity contribution in [2.75, 3.05) is 5.32 Å². The first-order valence-electron chi connectivity index (χ1n) is 6.99. The van der Waals surface area contributed by atoms with E-state index in [9.17, 15) is 9.90 Å². The molecule has 2 aromatic rings. The number of anilines is 1. The second-order valence-electron chi connectivity index (χ2n) is 5.36. The van der Waals surface area contributed by atoms with Gasteiger partial charge < -0.3 is 10.4 Å². The maximum Gasteiger partial charge on any atom is 0.337 e. The van der Waals surface area contributed by atoms with Crippen LogP contribution in [-0.4, -0.2) is 11.1 Å². The molecule has 0 bridgehead atoms. The second-order valence-corrected chi connectivity index (χ2v) is 5.80. The molecule has 0 radical (unpaired) electrons. The minimum atomic E-state index is -0.913. The summed E-state index contributed by atoms with van der Waals surface area (Å²) in [5.41, 5.74) is 2.11. The van der Waals surface area contributed by atoms with Crippen LogP contribution < -0.4 is 5.32 Å². The van der Waals surface area contributed by atoms with Crippen LogP contribution in [0.25, 0.3) is 0 Å². The summed E-state index contributed by atoms with van der Waals surface area (Å²) in [5, 5.41) is 13.4. The van der Waals surface area contributed by atoms with E-state index in [0.717, 1.165) is 18.4 Å². The van der Waals surface area contributed by atoms with Gasteiger partial charge in [-0.2, -0.15) is 0 Å². The smallest absolute Gasteiger partial charge is 0.337 e. The number of carboxylic acid groups (broad SMARTS) is 1. The second kappa shape index (κ2) is 5.78. The third kappa shape index (κ3) is 3.19. The van der Waals surface area contributed by atoms with Crippen LogP contribution >= 0.6 is 11.6 Å². The van der Waals surface area contributed by atoms with Crippen molar-refractivity contribution in [1.29, 1.82) is 0 Å². The van der Waals surface area contributed by atoms with Crippen LogP contribution in [-0.2, 0) is 0 Å². The molecule has 1 atom stereocenters. The van der Waals surface area contributed by atoms with Crippen molar-refractivity contribution >= 4 is 23.3 Å². The van der Waals surface area contributed by atoms with Gasteiger partial charge in [-0.25, -0.2) is 4.79 Å². The maximum absolute atomic E-state index is 11.3. The summed E-state index contributed by atoms with van der Waals surface area (Å²) in [6.07, 6.45) is 2.32. The van der Waals surface area contributed by atoms with E-state index in [1.807, 2.05) is 36.4 Å². The van der Waals surface area contributed by atoms with Crippen molar-refractivity contribution in [3.63, 3.8) is 0 Å². The van der Waals surface area contributed by atoms with E-state index in [0.29, 0.717) is 22.2 Å². The lowest BCUT2D eigenvalue weighted by atomic mass is 10.0. The molecule has 1 aliphatic rings. The Bertz CT molecular complexity index is 650. The van der Waals surface area contributed by atoms with Gasteiger partial charge in [0.2, 0.25) is 0 Å². The number of para-hydroxylation sites is 1. The highest BCUT2D eigenvalue weighted by atomic mass is 35.5. The molecule has 0 amide bonds. The van der Waals surface area contributed by atoms with Crippen molar-refractivity contribution in [3.05, 3.63) is 64.7 Å². The number of halogens is 1. The molecule has 2 aromatic carbocycles. The molecule has 108 valence electrons. The molecule has 1 unspecified atom stereocenters. The molecule has 3 nitrogen and oxygen atoms in total. The number of carboxylic acids is 1. The fourth-order valence-corrected chi connectivity index (χ4v) is 2.66. The average Bonchev–Trinajstić information content (AvgIpc) is 3.31. The first-order chi connectivity index (χ1) is 10.1. The molecule has 2 N–H and O–H groups in total. The van der Waals surface area contributed by atoms with Crippen LogP contribution in [0.1, 0.15) is 34.8 Å². The molecule has 0 spiro atoms. The van der Waals surface area contributed by atoms with Crippen molar-refractivity contribution in [2.45, 2.75) is 18.9 Å². The summed E-state index contributed by atoms with van der Waals surface area (Å²) in [5.74, 6) is -0.364. The third-order valence-corrected chi connectivity index (χ3v) is 4.04. The average molecular weight is 302 g/mol. The zero-order chi connectivity index (χ0) is 14.8. The van der Waals surface area contributed by atoms with Crippen LogP contribution in [0.5, 0.6) is 0 Å². The van der Waals surface area contributed by atoms with Crippen LogP contribution in [0, 0.1) is 5.92 Å². The highest BCUT2D eigenvalue weighted by Gasteiger charge is 2.32. The summed E-state index contributed by atoms with van der Waals surface area (Å²) >= 11 is 5.94. The Morgan fingerprint density at radius 3 is 2.43 bits per heavy atom. The maximum atomic E-state index is 11.3. The first kappa shape index (κ1) is 14.0. The van der Waals surface area contributed by atoms with Crippen molar-refractivity contribution < 1.29 is 9.90 Å². The number of benzene rings is 2. The molecule has 1 aliphatic carbocycles. The quantitative estimate of drug-likeness (QED) is 0.848. The fourth-order valence-electron chi connectivity index (χ4n) is 2.54. The molecule has 1 fully saturated rings. The lowest BCUT2D eigenvalue weighted by Crippen LogP contribution is -2.15. The number of aromatic carboxylic acids is 1. The van der Waals surface area contributed by atoms with Gasteiger partial charge in [-0.1, -0.05) is 35.9 Å². The van der Waals surface area contributed by atoms with E-state index < -0.39 is 5.97 Å². The normalized spacial score (nSPS) is 15.5. The monoisotopic (exact) mass is 301 g/mol. The molecule has 0 saturated heterocycles. The van der Waals surface area contributed by atoms with Gasteiger partial charge in [0.25, 0.3) is 0 Å². The largest absolute Gasteiger partial charge is 0.478 e. The molecule has 1 saturated carbocycles. The molecule has 3 rings (SSSR count). The lowest BCUT2D eigenvalue weighted by molar-refractivity contribution is 0.0698. The number of hydrogen-bond donors (Lipinski definition) is 2. The van der Waals surface area contributed by atoms with Gasteiger partial charge in [0.15, 0.2) is 0 Å². The minimum absolute atomic E-state index is 0.128. The van der Waals surface area contributed by atoms with Crippen LogP contribution in [0.4, 0.5) is 5.69 Å². The lowest BCUT2D eigenvalue weighted by Gasteiger charge is -2.21. The van der Waals surface area contributed by atoms with Gasteiger partial charge >= 0.3 is 5.97 Å². The van der Waals surface area contributed by atoms with E-state index in [1.54, 1.807) is 12.1 Å². The van der Waals surface area contributed by atoms with Crippen LogP contribution in [0.3, 0.4) is 0 Å². The fraction of sp³-hybridized carbons (Fsp3) is 0.235. The molecular weight excluding hydrogens is 286 g/mol. The van der Waals surface area contributed by atoms with Gasteiger partial charge in [0.1, 0.15) is 0 Å². The summed E-state index contributed by atoms with van der Waals surface area (Å²) in [6, 6.07) is 14.9. The molecule has 0 heterocycles. The number of rotatable bonds is 5. The highest BCUT2D eigenvalue weighted by Crippen LogP contribution is 2.43. The van der Waals surface area contributed by atoms with Gasteiger partial charge in [0, 0.05) is 10.7 Å². The zero-order valence-corrected chi connectivity index (χ0v) is 12.2. The topological polar surface area (TPSA) is 49.3 Å². The standard InChI is InChI=1S/C17H16ClNO2/c18-13-9-7-12(8-10-13)16(11-5-6-11)19-15-4-2-1-3-14(15)17(20)21/h1-4,7-11,16,19H,5-6H2,(H,20,21). The Kier molecular flexibility index (Phi) is 3.84. The van der Waals surface area contributed by atoms with E-state index in [2.05, 4.69) is 5.32 Å². The van der Waals surface area contributed by atoms with Crippen LogP contribution in [0.15, 0.2) is 48.5 Å². The van der Waals surface area contributed by atoms with Crippen molar-refractivity contribution in [1.82, 2.24) is 0 Å². The van der Waals surface area contributed by atoms with Gasteiger partial charge in [-0.15, -0.1) is 0 Å². The van der Waals surface area contributed by atoms with E-state index >= 15 is 0 Å². The predicted octanol–water partition coefficient (Wildman–Crippen LogP) is 4.60. The van der Waals surface area contributed by atoms with Crippen LogP contribution in [0.2, 0.25) is 5.02 Å². The predicted molar refractivity (Wildman–Crippen MR) is 83.9 cm³/mol. The number of nitrogens with one attached hydrogen (secondary N) is 1.